The van der Waals surface area contributed by atoms with Crippen molar-refractivity contribution >= 4 is 45.6 Å². The van der Waals surface area contributed by atoms with Gasteiger partial charge in [-0.2, -0.15) is 0 Å². The molecule has 1 aliphatic heterocycles. The number of para-hydroxylation sites is 1. The standard InChI is InChI=1S/C21H25ClN4O3S/c22-16-5-1-2-6-17(16)24-21-25-18(13-30-21)20(28)26(14-7-8-14)10-9-19(27)23-12-15-4-3-11-29-15/h1-2,5-6,13-15H,3-4,7-12H2,(H,23,27)(H,24,25)/t15-/m0/s1. The van der Waals surface area contributed by atoms with Crippen LogP contribution in [-0.2, 0) is 9.53 Å². The number of nitrogens with one attached hydrogen (secondary N) is 2. The molecule has 1 aromatic carbocycles. The Morgan fingerprint density at radius 3 is 2.83 bits per heavy atom. The third kappa shape index (κ3) is 5.50. The zero-order valence-corrected chi connectivity index (χ0v) is 18.2. The largest absolute Gasteiger partial charge is 0.376 e. The normalized spacial score (nSPS) is 18.2. The molecule has 1 saturated carbocycles. The van der Waals surface area contributed by atoms with E-state index in [0.29, 0.717) is 28.9 Å². The highest BCUT2D eigenvalue weighted by Crippen LogP contribution is 2.30. The Morgan fingerprint density at radius 1 is 1.27 bits per heavy atom. The Balaban J connectivity index is 1.31. The molecule has 2 aliphatic rings. The van der Waals surface area contributed by atoms with Gasteiger partial charge >= 0.3 is 0 Å². The fourth-order valence-electron chi connectivity index (χ4n) is 3.43. The Labute approximate surface area is 184 Å². The number of benzene rings is 1. The van der Waals surface area contributed by atoms with Crippen molar-refractivity contribution in [3.63, 3.8) is 0 Å². The molecule has 1 atom stereocenters. The van der Waals surface area contributed by atoms with Gasteiger partial charge in [-0.1, -0.05) is 23.7 Å². The van der Waals surface area contributed by atoms with Crippen molar-refractivity contribution in [3.8, 4) is 0 Å². The van der Waals surface area contributed by atoms with E-state index in [1.807, 2.05) is 18.2 Å². The molecule has 0 bridgehead atoms. The molecule has 2 aromatic rings. The van der Waals surface area contributed by atoms with Gasteiger partial charge in [-0.3, -0.25) is 9.59 Å². The smallest absolute Gasteiger partial charge is 0.273 e. The molecule has 2 heterocycles. The molecule has 1 aromatic heterocycles. The van der Waals surface area contributed by atoms with Crippen LogP contribution in [0.4, 0.5) is 10.8 Å². The summed E-state index contributed by atoms with van der Waals surface area (Å²) in [5.74, 6) is -0.184. The first-order valence-corrected chi connectivity index (χ1v) is 11.5. The summed E-state index contributed by atoms with van der Waals surface area (Å²) >= 11 is 7.53. The first kappa shape index (κ1) is 21.1. The van der Waals surface area contributed by atoms with E-state index in [0.717, 1.165) is 38.0 Å². The van der Waals surface area contributed by atoms with Gasteiger partial charge in [-0.15, -0.1) is 11.3 Å². The van der Waals surface area contributed by atoms with Gasteiger partial charge in [-0.05, 0) is 37.8 Å². The van der Waals surface area contributed by atoms with E-state index in [4.69, 9.17) is 16.3 Å². The summed E-state index contributed by atoms with van der Waals surface area (Å²) < 4.78 is 5.52. The molecule has 7 nitrogen and oxygen atoms in total. The second-order valence-electron chi connectivity index (χ2n) is 7.56. The first-order valence-electron chi connectivity index (χ1n) is 10.3. The van der Waals surface area contributed by atoms with Crippen LogP contribution in [0.15, 0.2) is 29.6 Å². The second-order valence-corrected chi connectivity index (χ2v) is 8.83. The topological polar surface area (TPSA) is 83.6 Å². The number of hydrogen-bond donors (Lipinski definition) is 2. The van der Waals surface area contributed by atoms with Crippen LogP contribution < -0.4 is 10.6 Å². The highest BCUT2D eigenvalue weighted by atomic mass is 35.5. The number of ether oxygens (including phenoxy) is 1. The molecule has 2 amide bonds. The van der Waals surface area contributed by atoms with Crippen LogP contribution in [0.1, 0.15) is 42.6 Å². The van der Waals surface area contributed by atoms with Crippen LogP contribution in [0.2, 0.25) is 5.02 Å². The molecule has 160 valence electrons. The van der Waals surface area contributed by atoms with Crippen LogP contribution in [0.5, 0.6) is 0 Å². The molecule has 0 spiro atoms. The van der Waals surface area contributed by atoms with Gasteiger partial charge in [0.15, 0.2) is 5.13 Å². The third-order valence-electron chi connectivity index (χ3n) is 5.22. The number of carbonyl (C=O) groups is 2. The molecule has 9 heteroatoms. The lowest BCUT2D eigenvalue weighted by molar-refractivity contribution is -0.121. The van der Waals surface area contributed by atoms with Crippen molar-refractivity contribution in [3.05, 3.63) is 40.4 Å². The van der Waals surface area contributed by atoms with Crippen LogP contribution >= 0.6 is 22.9 Å². The van der Waals surface area contributed by atoms with E-state index in [1.165, 1.54) is 11.3 Å². The minimum absolute atomic E-state index is 0.0525. The maximum absolute atomic E-state index is 13.0. The van der Waals surface area contributed by atoms with E-state index in [-0.39, 0.29) is 30.4 Å². The van der Waals surface area contributed by atoms with E-state index < -0.39 is 0 Å². The number of rotatable bonds is 9. The molecular formula is C21H25ClN4O3S. The lowest BCUT2D eigenvalue weighted by atomic mass is 10.2. The Kier molecular flexibility index (Phi) is 6.86. The zero-order chi connectivity index (χ0) is 20.9. The predicted octanol–water partition coefficient (Wildman–Crippen LogP) is 3.83. The first-order chi connectivity index (χ1) is 14.6. The molecular weight excluding hydrogens is 424 g/mol. The monoisotopic (exact) mass is 448 g/mol. The number of aromatic nitrogens is 1. The molecule has 1 saturated heterocycles. The third-order valence-corrected chi connectivity index (χ3v) is 6.31. The number of amides is 2. The van der Waals surface area contributed by atoms with Gasteiger partial charge in [0.2, 0.25) is 5.91 Å². The molecule has 0 radical (unpaired) electrons. The van der Waals surface area contributed by atoms with E-state index in [9.17, 15) is 9.59 Å². The minimum atomic E-state index is -0.132. The van der Waals surface area contributed by atoms with Gasteiger partial charge in [0, 0.05) is 37.5 Å². The van der Waals surface area contributed by atoms with Crippen molar-refractivity contribution in [2.45, 2.75) is 44.2 Å². The second kappa shape index (κ2) is 9.76. The molecule has 30 heavy (non-hydrogen) atoms. The number of halogens is 1. The number of thiazole rings is 1. The zero-order valence-electron chi connectivity index (χ0n) is 16.6. The quantitative estimate of drug-likeness (QED) is 0.609. The maximum atomic E-state index is 13.0. The highest BCUT2D eigenvalue weighted by molar-refractivity contribution is 7.14. The Hall–Kier alpha value is -2.16. The Morgan fingerprint density at radius 2 is 2.10 bits per heavy atom. The van der Waals surface area contributed by atoms with Gasteiger partial charge in [-0.25, -0.2) is 4.98 Å². The van der Waals surface area contributed by atoms with Crippen molar-refractivity contribution in [1.29, 1.82) is 0 Å². The predicted molar refractivity (Wildman–Crippen MR) is 118 cm³/mol. The summed E-state index contributed by atoms with van der Waals surface area (Å²) in [4.78, 5) is 31.4. The fourth-order valence-corrected chi connectivity index (χ4v) is 4.31. The number of hydrogen-bond acceptors (Lipinski definition) is 6. The maximum Gasteiger partial charge on any atom is 0.273 e. The molecule has 0 unspecified atom stereocenters. The minimum Gasteiger partial charge on any atom is -0.376 e. The Bertz CT molecular complexity index is 896. The van der Waals surface area contributed by atoms with E-state index in [2.05, 4.69) is 15.6 Å². The van der Waals surface area contributed by atoms with Crippen molar-refractivity contribution < 1.29 is 14.3 Å². The summed E-state index contributed by atoms with van der Waals surface area (Å²) in [7, 11) is 0. The lowest BCUT2D eigenvalue weighted by Gasteiger charge is -2.21. The van der Waals surface area contributed by atoms with Crippen molar-refractivity contribution in [1.82, 2.24) is 15.2 Å². The summed E-state index contributed by atoms with van der Waals surface area (Å²) in [5.41, 5.74) is 1.13. The van der Waals surface area contributed by atoms with Gasteiger partial charge in [0.25, 0.3) is 5.91 Å². The number of carbonyl (C=O) groups excluding carboxylic acids is 2. The molecule has 2 fully saturated rings. The van der Waals surface area contributed by atoms with Crippen LogP contribution in [0.3, 0.4) is 0 Å². The lowest BCUT2D eigenvalue weighted by Crippen LogP contribution is -2.38. The van der Waals surface area contributed by atoms with Gasteiger partial charge in [0.1, 0.15) is 5.69 Å². The molecule has 1 aliphatic carbocycles. The average molecular weight is 449 g/mol. The van der Waals surface area contributed by atoms with Gasteiger partial charge < -0.3 is 20.3 Å². The van der Waals surface area contributed by atoms with Crippen molar-refractivity contribution in [2.24, 2.45) is 0 Å². The van der Waals surface area contributed by atoms with Crippen LogP contribution in [0.25, 0.3) is 0 Å². The van der Waals surface area contributed by atoms with Crippen LogP contribution in [-0.4, -0.2) is 53.5 Å². The SMILES string of the molecule is O=C(CCN(C(=O)c1csc(Nc2ccccc2Cl)n1)C1CC1)NC[C@@H]1CCCO1. The van der Waals surface area contributed by atoms with Gasteiger partial charge in [0.05, 0.1) is 16.8 Å². The van der Waals surface area contributed by atoms with Crippen LogP contribution in [0, 0.1) is 0 Å². The summed E-state index contributed by atoms with van der Waals surface area (Å²) in [6.45, 7) is 1.70. The molecule has 4 rings (SSSR count). The number of anilines is 2. The molecule has 2 N–H and O–H groups in total. The highest BCUT2D eigenvalue weighted by Gasteiger charge is 2.34. The summed E-state index contributed by atoms with van der Waals surface area (Å²) in [6.07, 6.45) is 4.38. The van der Waals surface area contributed by atoms with Crippen molar-refractivity contribution in [2.75, 3.05) is 25.0 Å². The van der Waals surface area contributed by atoms with E-state index in [1.54, 1.807) is 16.3 Å². The summed E-state index contributed by atoms with van der Waals surface area (Å²) in [5, 5.41) is 9.01. The number of nitrogens with zero attached hydrogens (tertiary/aromatic N) is 2. The average Bonchev–Trinajstić information content (AvgIpc) is 3.24. The van der Waals surface area contributed by atoms with E-state index >= 15 is 0 Å². The summed E-state index contributed by atoms with van der Waals surface area (Å²) in [6, 6.07) is 7.59. The fraction of sp³-hybridized carbons (Fsp3) is 0.476.